The summed E-state index contributed by atoms with van der Waals surface area (Å²) in [6.45, 7) is -1.75. The van der Waals surface area contributed by atoms with Gasteiger partial charge in [-0.3, -0.25) is 4.79 Å². The molecule has 5 nitrogen and oxygen atoms in total. The highest BCUT2D eigenvalue weighted by Gasteiger charge is 2.41. The van der Waals surface area contributed by atoms with E-state index in [1.54, 1.807) is 5.32 Å². The largest absolute Gasteiger partial charge is 0.405 e. The molecule has 0 aromatic heterocycles. The summed E-state index contributed by atoms with van der Waals surface area (Å²) in [5, 5.41) is 1.62. The minimum Gasteiger partial charge on any atom is -0.346 e. The monoisotopic (exact) mass is 372 g/mol. The lowest BCUT2D eigenvalue weighted by molar-refractivity contribution is -0.140. The standard InChI is InChI=1S/C13H13F5N2O3S/c14-8-3-4-11(9(15)6-8)24(22,23)20-5-1-2-10(20)12(21)19-7-13(16,17)18/h3-4,6,10H,1-2,5,7H2,(H,19,21). The molecule has 0 aliphatic carbocycles. The van der Waals surface area contributed by atoms with Crippen LogP contribution in [-0.2, 0) is 14.8 Å². The second-order valence-electron chi connectivity index (χ2n) is 5.18. The fraction of sp³-hybridized carbons (Fsp3) is 0.462. The quantitative estimate of drug-likeness (QED) is 0.820. The van der Waals surface area contributed by atoms with E-state index in [0.717, 1.165) is 6.07 Å². The number of carbonyl (C=O) groups is 1. The molecule has 0 radical (unpaired) electrons. The van der Waals surface area contributed by atoms with E-state index >= 15 is 0 Å². The Balaban J connectivity index is 2.24. The van der Waals surface area contributed by atoms with Crippen molar-refractivity contribution in [1.29, 1.82) is 0 Å². The minimum absolute atomic E-state index is 0.00569. The fourth-order valence-electron chi connectivity index (χ4n) is 2.41. The lowest BCUT2D eigenvalue weighted by Crippen LogP contribution is -2.48. The van der Waals surface area contributed by atoms with Gasteiger partial charge in [-0.1, -0.05) is 0 Å². The van der Waals surface area contributed by atoms with Gasteiger partial charge in [-0.2, -0.15) is 17.5 Å². The highest BCUT2D eigenvalue weighted by Crippen LogP contribution is 2.28. The van der Waals surface area contributed by atoms with Crippen LogP contribution in [0.15, 0.2) is 23.1 Å². The number of benzene rings is 1. The first-order valence-corrected chi connectivity index (χ1v) is 8.28. The maximum Gasteiger partial charge on any atom is 0.405 e. The first-order chi connectivity index (χ1) is 11.0. The molecule has 0 bridgehead atoms. The Labute approximate surface area is 134 Å². The molecule has 1 saturated heterocycles. The van der Waals surface area contributed by atoms with E-state index in [1.807, 2.05) is 0 Å². The molecular weight excluding hydrogens is 359 g/mol. The molecule has 1 aliphatic heterocycles. The molecule has 134 valence electrons. The number of hydrogen-bond acceptors (Lipinski definition) is 3. The third-order valence-corrected chi connectivity index (χ3v) is 5.39. The van der Waals surface area contributed by atoms with Gasteiger partial charge in [-0.25, -0.2) is 17.2 Å². The molecule has 1 atom stereocenters. The van der Waals surface area contributed by atoms with Crippen LogP contribution in [0, 0.1) is 11.6 Å². The van der Waals surface area contributed by atoms with E-state index in [2.05, 4.69) is 0 Å². The summed E-state index contributed by atoms with van der Waals surface area (Å²) in [6.07, 6.45) is -4.40. The van der Waals surface area contributed by atoms with Gasteiger partial charge in [0.25, 0.3) is 0 Å². The molecule has 1 fully saturated rings. The molecule has 1 N–H and O–H groups in total. The van der Waals surface area contributed by atoms with Crippen LogP contribution in [-0.4, -0.2) is 43.9 Å². The highest BCUT2D eigenvalue weighted by atomic mass is 32.2. The lowest BCUT2D eigenvalue weighted by Gasteiger charge is -2.23. The molecule has 1 amide bonds. The van der Waals surface area contributed by atoms with Crippen molar-refractivity contribution in [3.8, 4) is 0 Å². The first-order valence-electron chi connectivity index (χ1n) is 6.84. The molecule has 0 spiro atoms. The SMILES string of the molecule is O=C(NCC(F)(F)F)C1CCCN1S(=O)(=O)c1ccc(F)cc1F. The average molecular weight is 372 g/mol. The van der Waals surface area contributed by atoms with Gasteiger partial charge >= 0.3 is 6.18 Å². The minimum atomic E-state index is -4.64. The molecule has 2 rings (SSSR count). The van der Waals surface area contributed by atoms with E-state index in [4.69, 9.17) is 0 Å². The van der Waals surface area contributed by atoms with Gasteiger partial charge in [0.1, 0.15) is 29.1 Å². The van der Waals surface area contributed by atoms with Crippen LogP contribution >= 0.6 is 0 Å². The second-order valence-corrected chi connectivity index (χ2v) is 7.04. The van der Waals surface area contributed by atoms with Gasteiger partial charge in [0.15, 0.2) is 0 Å². The molecule has 1 aliphatic rings. The van der Waals surface area contributed by atoms with E-state index in [0.29, 0.717) is 16.4 Å². The molecule has 1 heterocycles. The zero-order valence-corrected chi connectivity index (χ0v) is 12.9. The van der Waals surface area contributed by atoms with Crippen molar-refractivity contribution >= 4 is 15.9 Å². The Morgan fingerprint density at radius 3 is 2.54 bits per heavy atom. The van der Waals surface area contributed by atoms with Crippen molar-refractivity contribution in [2.45, 2.75) is 30.0 Å². The predicted octanol–water partition coefficient (Wildman–Crippen LogP) is 1.80. The number of amides is 1. The van der Waals surface area contributed by atoms with E-state index in [1.165, 1.54) is 0 Å². The Morgan fingerprint density at radius 2 is 1.96 bits per heavy atom. The van der Waals surface area contributed by atoms with Crippen LogP contribution in [0.1, 0.15) is 12.8 Å². The molecule has 11 heteroatoms. The van der Waals surface area contributed by atoms with Gasteiger partial charge in [0.2, 0.25) is 15.9 Å². The van der Waals surface area contributed by atoms with E-state index in [9.17, 15) is 35.2 Å². The van der Waals surface area contributed by atoms with Crippen molar-refractivity contribution in [2.75, 3.05) is 13.1 Å². The summed E-state index contributed by atoms with van der Waals surface area (Å²) in [7, 11) is -4.48. The van der Waals surface area contributed by atoms with Crippen molar-refractivity contribution in [2.24, 2.45) is 0 Å². The molecule has 24 heavy (non-hydrogen) atoms. The zero-order valence-electron chi connectivity index (χ0n) is 12.1. The maximum absolute atomic E-state index is 13.7. The number of nitrogens with one attached hydrogen (secondary N) is 1. The first kappa shape index (κ1) is 18.6. The molecule has 1 aromatic carbocycles. The number of carbonyl (C=O) groups excluding carboxylic acids is 1. The third kappa shape index (κ3) is 4.01. The number of alkyl halides is 3. The number of halogens is 5. The van der Waals surface area contributed by atoms with Gasteiger partial charge < -0.3 is 5.32 Å². The zero-order chi connectivity index (χ0) is 18.1. The van der Waals surface area contributed by atoms with Crippen LogP contribution < -0.4 is 5.32 Å². The topological polar surface area (TPSA) is 66.5 Å². The summed E-state index contributed by atoms with van der Waals surface area (Å²) >= 11 is 0. The summed E-state index contributed by atoms with van der Waals surface area (Å²) in [5.74, 6) is -3.43. The van der Waals surface area contributed by atoms with Crippen LogP contribution in [0.5, 0.6) is 0 Å². The van der Waals surface area contributed by atoms with E-state index in [-0.39, 0.29) is 19.4 Å². The van der Waals surface area contributed by atoms with Gasteiger partial charge in [0.05, 0.1) is 0 Å². The van der Waals surface area contributed by atoms with E-state index < -0.39 is 51.2 Å². The number of hydrogen-bond donors (Lipinski definition) is 1. The third-order valence-electron chi connectivity index (χ3n) is 3.45. The molecule has 0 saturated carbocycles. The summed E-state index contributed by atoms with van der Waals surface area (Å²) < 4.78 is 88.6. The summed E-state index contributed by atoms with van der Waals surface area (Å²) in [5.41, 5.74) is 0. The Hall–Kier alpha value is -1.75. The second kappa shape index (κ2) is 6.63. The number of nitrogens with zero attached hydrogens (tertiary/aromatic N) is 1. The molecule has 1 aromatic rings. The maximum atomic E-state index is 13.7. The molecular formula is C13H13F5N2O3S. The van der Waals surface area contributed by atoms with Crippen molar-refractivity contribution < 1.29 is 35.2 Å². The van der Waals surface area contributed by atoms with Gasteiger partial charge in [-0.05, 0) is 25.0 Å². The Morgan fingerprint density at radius 1 is 1.29 bits per heavy atom. The van der Waals surface area contributed by atoms with Crippen LogP contribution in [0.4, 0.5) is 22.0 Å². The summed E-state index contributed by atoms with van der Waals surface area (Å²) in [4.78, 5) is 11.0. The predicted molar refractivity (Wildman–Crippen MR) is 72.3 cm³/mol. The van der Waals surface area contributed by atoms with Crippen LogP contribution in [0.2, 0.25) is 0 Å². The smallest absolute Gasteiger partial charge is 0.346 e. The normalized spacial score (nSPS) is 19.5. The Kier molecular flexibility index (Phi) is 5.14. The van der Waals surface area contributed by atoms with Gasteiger partial charge in [-0.15, -0.1) is 0 Å². The molecule has 1 unspecified atom stereocenters. The van der Waals surface area contributed by atoms with Crippen LogP contribution in [0.25, 0.3) is 0 Å². The Bertz CT molecular complexity index is 736. The van der Waals surface area contributed by atoms with Crippen LogP contribution in [0.3, 0.4) is 0 Å². The number of sulfonamides is 1. The summed E-state index contributed by atoms with van der Waals surface area (Å²) in [6, 6.07) is 0.455. The average Bonchev–Trinajstić information content (AvgIpc) is 2.93. The van der Waals surface area contributed by atoms with Crippen molar-refractivity contribution in [1.82, 2.24) is 9.62 Å². The highest BCUT2D eigenvalue weighted by molar-refractivity contribution is 7.89. The van der Waals surface area contributed by atoms with Gasteiger partial charge in [0, 0.05) is 12.6 Å². The van der Waals surface area contributed by atoms with Crippen molar-refractivity contribution in [3.05, 3.63) is 29.8 Å². The van der Waals surface area contributed by atoms with Crippen molar-refractivity contribution in [3.63, 3.8) is 0 Å². The lowest BCUT2D eigenvalue weighted by atomic mass is 10.2. The fourth-order valence-corrected chi connectivity index (χ4v) is 4.11. The number of rotatable bonds is 4.